The first-order valence-electron chi connectivity index (χ1n) is 5.57. The highest BCUT2D eigenvalue weighted by Gasteiger charge is 2.20. The number of benzene rings is 1. The van der Waals surface area contributed by atoms with Gasteiger partial charge in [0.25, 0.3) is 0 Å². The first kappa shape index (κ1) is 9.78. The molecular weight excluding hydrogens is 207 g/mol. The fraction of sp³-hybridized carbons (Fsp3) is 0.417. The van der Waals surface area contributed by atoms with Gasteiger partial charge >= 0.3 is 0 Å². The van der Waals surface area contributed by atoms with Crippen LogP contribution in [-0.4, -0.2) is 11.5 Å². The molecule has 1 aliphatic carbocycles. The molecule has 0 bridgehead atoms. The highest BCUT2D eigenvalue weighted by atomic mass is 19.1. The smallest absolute Gasteiger partial charge is 0.209 e. The molecule has 1 saturated carbocycles. The molecule has 1 aromatic heterocycles. The molecule has 1 heterocycles. The van der Waals surface area contributed by atoms with Crippen LogP contribution in [0.3, 0.4) is 0 Å². The molecule has 1 N–H and O–H groups in total. The fourth-order valence-corrected chi connectivity index (χ4v) is 1.73. The van der Waals surface area contributed by atoms with Gasteiger partial charge in [-0.1, -0.05) is 0 Å². The quantitative estimate of drug-likeness (QED) is 0.860. The van der Waals surface area contributed by atoms with E-state index in [1.165, 1.54) is 25.0 Å². The minimum Gasteiger partial charge on any atom is -0.439 e. The van der Waals surface area contributed by atoms with Gasteiger partial charge in [0.15, 0.2) is 5.58 Å². The second-order valence-corrected chi connectivity index (χ2v) is 4.29. The average molecular weight is 220 g/mol. The Morgan fingerprint density at radius 3 is 3.12 bits per heavy atom. The zero-order chi connectivity index (χ0) is 11.0. The Kier molecular flexibility index (Phi) is 2.36. The third kappa shape index (κ3) is 2.07. The molecule has 16 heavy (non-hydrogen) atoms. The Hall–Kier alpha value is -1.42. The maximum absolute atomic E-state index is 12.9. The molecular formula is C12H13FN2O. The number of nitrogens with zero attached hydrogens (tertiary/aromatic N) is 1. The van der Waals surface area contributed by atoms with Crippen LogP contribution in [0.1, 0.15) is 18.7 Å². The van der Waals surface area contributed by atoms with Gasteiger partial charge in [-0.2, -0.15) is 0 Å². The number of aromatic nitrogens is 1. The van der Waals surface area contributed by atoms with Gasteiger partial charge in [0.2, 0.25) is 5.89 Å². The van der Waals surface area contributed by atoms with Crippen LogP contribution in [0.15, 0.2) is 22.6 Å². The summed E-state index contributed by atoms with van der Waals surface area (Å²) in [5.74, 6) is 1.17. The Morgan fingerprint density at radius 1 is 1.44 bits per heavy atom. The SMILES string of the molecule is Fc1ccc2nc(CNCC3CC3)oc2c1. The lowest BCUT2D eigenvalue weighted by Gasteiger charge is -1.97. The molecule has 1 fully saturated rings. The maximum atomic E-state index is 12.9. The summed E-state index contributed by atoms with van der Waals surface area (Å²) in [4.78, 5) is 4.28. The predicted molar refractivity (Wildman–Crippen MR) is 58.4 cm³/mol. The Morgan fingerprint density at radius 2 is 2.31 bits per heavy atom. The monoisotopic (exact) mass is 220 g/mol. The first-order valence-corrected chi connectivity index (χ1v) is 5.57. The molecule has 0 unspecified atom stereocenters. The van der Waals surface area contributed by atoms with E-state index in [1.807, 2.05) is 0 Å². The number of oxazole rings is 1. The summed E-state index contributed by atoms with van der Waals surface area (Å²) < 4.78 is 18.3. The summed E-state index contributed by atoms with van der Waals surface area (Å²) in [6, 6.07) is 4.40. The van der Waals surface area contributed by atoms with Crippen molar-refractivity contribution in [3.05, 3.63) is 29.9 Å². The third-order valence-corrected chi connectivity index (χ3v) is 2.80. The van der Waals surface area contributed by atoms with Gasteiger partial charge in [-0.25, -0.2) is 9.37 Å². The van der Waals surface area contributed by atoms with Crippen LogP contribution in [0.25, 0.3) is 11.1 Å². The second-order valence-electron chi connectivity index (χ2n) is 4.29. The van der Waals surface area contributed by atoms with Gasteiger partial charge in [0.05, 0.1) is 6.54 Å². The van der Waals surface area contributed by atoms with Crippen molar-refractivity contribution in [2.24, 2.45) is 5.92 Å². The van der Waals surface area contributed by atoms with Crippen molar-refractivity contribution >= 4 is 11.1 Å². The van der Waals surface area contributed by atoms with Crippen LogP contribution in [0.5, 0.6) is 0 Å². The van der Waals surface area contributed by atoms with E-state index in [1.54, 1.807) is 6.07 Å². The van der Waals surface area contributed by atoms with Gasteiger partial charge in [0.1, 0.15) is 11.3 Å². The molecule has 0 radical (unpaired) electrons. The largest absolute Gasteiger partial charge is 0.439 e. The molecule has 2 aromatic rings. The van der Waals surface area contributed by atoms with Crippen molar-refractivity contribution < 1.29 is 8.81 Å². The lowest BCUT2D eigenvalue weighted by atomic mass is 10.3. The number of halogens is 1. The topological polar surface area (TPSA) is 38.1 Å². The van der Waals surface area contributed by atoms with E-state index < -0.39 is 0 Å². The maximum Gasteiger partial charge on any atom is 0.209 e. The Balaban J connectivity index is 1.71. The lowest BCUT2D eigenvalue weighted by molar-refractivity contribution is 0.488. The number of rotatable bonds is 4. The molecule has 0 spiro atoms. The van der Waals surface area contributed by atoms with Crippen molar-refractivity contribution in [1.82, 2.24) is 10.3 Å². The Labute approximate surface area is 92.7 Å². The molecule has 0 aliphatic heterocycles. The Bertz CT molecular complexity index is 505. The van der Waals surface area contributed by atoms with Crippen LogP contribution in [0.2, 0.25) is 0 Å². The summed E-state index contributed by atoms with van der Waals surface area (Å²) in [5, 5.41) is 3.29. The number of hydrogen-bond acceptors (Lipinski definition) is 3. The van der Waals surface area contributed by atoms with Crippen LogP contribution < -0.4 is 5.32 Å². The van der Waals surface area contributed by atoms with Crippen molar-refractivity contribution in [3.63, 3.8) is 0 Å². The second kappa shape index (κ2) is 3.87. The first-order chi connectivity index (χ1) is 7.81. The standard InChI is InChI=1S/C12H13FN2O/c13-9-3-4-10-11(5-9)16-12(15-10)7-14-6-8-1-2-8/h3-5,8,14H,1-2,6-7H2. The molecule has 4 heteroatoms. The predicted octanol–water partition coefficient (Wildman–Crippen LogP) is 2.47. The molecule has 3 nitrogen and oxygen atoms in total. The number of fused-ring (bicyclic) bond motifs is 1. The fourth-order valence-electron chi connectivity index (χ4n) is 1.73. The van der Waals surface area contributed by atoms with Gasteiger partial charge < -0.3 is 9.73 Å². The van der Waals surface area contributed by atoms with E-state index in [4.69, 9.17) is 4.42 Å². The highest BCUT2D eigenvalue weighted by Crippen LogP contribution is 2.27. The van der Waals surface area contributed by atoms with Crippen LogP contribution in [0, 0.1) is 11.7 Å². The average Bonchev–Trinajstić information content (AvgIpc) is 2.98. The number of hydrogen-bond donors (Lipinski definition) is 1. The summed E-state index contributed by atoms with van der Waals surface area (Å²) in [6.45, 7) is 1.64. The number of nitrogens with one attached hydrogen (secondary N) is 1. The van der Waals surface area contributed by atoms with Gasteiger partial charge in [-0.05, 0) is 37.4 Å². The van der Waals surface area contributed by atoms with Crippen molar-refractivity contribution in [1.29, 1.82) is 0 Å². The molecule has 0 amide bonds. The van der Waals surface area contributed by atoms with E-state index in [9.17, 15) is 4.39 Å². The van der Waals surface area contributed by atoms with E-state index in [0.717, 1.165) is 12.5 Å². The van der Waals surface area contributed by atoms with E-state index in [0.29, 0.717) is 23.5 Å². The summed E-state index contributed by atoms with van der Waals surface area (Å²) >= 11 is 0. The summed E-state index contributed by atoms with van der Waals surface area (Å²) in [6.07, 6.45) is 2.65. The third-order valence-electron chi connectivity index (χ3n) is 2.80. The van der Waals surface area contributed by atoms with Gasteiger partial charge in [-0.15, -0.1) is 0 Å². The van der Waals surface area contributed by atoms with Crippen molar-refractivity contribution in [3.8, 4) is 0 Å². The van der Waals surface area contributed by atoms with Crippen LogP contribution >= 0.6 is 0 Å². The van der Waals surface area contributed by atoms with Crippen molar-refractivity contribution in [2.45, 2.75) is 19.4 Å². The highest BCUT2D eigenvalue weighted by molar-refractivity contribution is 5.72. The molecule has 1 aromatic carbocycles. The molecule has 1 aliphatic rings. The zero-order valence-corrected chi connectivity index (χ0v) is 8.87. The van der Waals surface area contributed by atoms with Gasteiger partial charge in [0, 0.05) is 6.07 Å². The van der Waals surface area contributed by atoms with Gasteiger partial charge in [-0.3, -0.25) is 0 Å². The summed E-state index contributed by atoms with van der Waals surface area (Å²) in [5.41, 5.74) is 1.23. The van der Waals surface area contributed by atoms with Crippen LogP contribution in [-0.2, 0) is 6.54 Å². The van der Waals surface area contributed by atoms with Crippen LogP contribution in [0.4, 0.5) is 4.39 Å². The molecule has 0 saturated heterocycles. The zero-order valence-electron chi connectivity index (χ0n) is 8.87. The van der Waals surface area contributed by atoms with E-state index >= 15 is 0 Å². The van der Waals surface area contributed by atoms with Crippen molar-refractivity contribution in [2.75, 3.05) is 6.54 Å². The minimum absolute atomic E-state index is 0.291. The lowest BCUT2D eigenvalue weighted by Crippen LogP contribution is -2.16. The molecule has 3 rings (SSSR count). The van der Waals surface area contributed by atoms with E-state index in [-0.39, 0.29) is 5.82 Å². The van der Waals surface area contributed by atoms with E-state index in [2.05, 4.69) is 10.3 Å². The molecule has 0 atom stereocenters. The molecule has 84 valence electrons. The minimum atomic E-state index is -0.291. The summed E-state index contributed by atoms with van der Waals surface area (Å²) in [7, 11) is 0. The normalized spacial score (nSPS) is 15.8.